The van der Waals surface area contributed by atoms with Crippen LogP contribution in [0.4, 0.5) is 13.2 Å². The Kier molecular flexibility index (Phi) is 3.67. The molecule has 1 N–H and O–H groups in total. The molecule has 3 aliphatic heterocycles. The van der Waals surface area contributed by atoms with E-state index in [1.54, 1.807) is 12.1 Å². The fraction of sp³-hybridized carbons (Fsp3) is 0.600. The number of halogens is 3. The number of hydrogen-bond donors (Lipinski definition) is 1. The minimum Gasteiger partial charge on any atom is -0.342 e. The first-order valence-electron chi connectivity index (χ1n) is 9.66. The molecule has 1 aromatic carbocycles. The van der Waals surface area contributed by atoms with E-state index in [1.165, 1.54) is 0 Å². The van der Waals surface area contributed by atoms with E-state index in [0.29, 0.717) is 32.4 Å². The Morgan fingerprint density at radius 3 is 2.46 bits per heavy atom. The summed E-state index contributed by atoms with van der Waals surface area (Å²) < 4.78 is 44.1. The number of benzene rings is 1. The SMILES string of the molecule is O=C1CC[C@]2(C[C@@H](C(=O)N3CCC4(c5ccc(C(F)(F)F)cc5)CC4C3)O2)N1. The number of likely N-dealkylation sites (tertiary alicyclic amines) is 1. The fourth-order valence-corrected chi connectivity index (χ4v) is 5.15. The van der Waals surface area contributed by atoms with Crippen molar-refractivity contribution in [3.8, 4) is 0 Å². The van der Waals surface area contributed by atoms with Gasteiger partial charge in [-0.2, -0.15) is 13.2 Å². The van der Waals surface area contributed by atoms with Crippen LogP contribution in [0.3, 0.4) is 0 Å². The molecule has 1 spiro atoms. The summed E-state index contributed by atoms with van der Waals surface area (Å²) >= 11 is 0. The second kappa shape index (κ2) is 5.72. The number of ether oxygens (including phenoxy) is 1. The van der Waals surface area contributed by atoms with E-state index in [0.717, 1.165) is 30.5 Å². The highest BCUT2D eigenvalue weighted by molar-refractivity contribution is 5.84. The number of hydrogen-bond acceptors (Lipinski definition) is 3. The first-order chi connectivity index (χ1) is 13.2. The van der Waals surface area contributed by atoms with Crippen LogP contribution in [0, 0.1) is 5.92 Å². The molecule has 150 valence electrons. The zero-order valence-corrected chi connectivity index (χ0v) is 15.2. The molecule has 2 unspecified atom stereocenters. The summed E-state index contributed by atoms with van der Waals surface area (Å²) in [7, 11) is 0. The third-order valence-corrected chi connectivity index (χ3v) is 6.88. The molecule has 5 rings (SSSR count). The molecular weight excluding hydrogens is 373 g/mol. The molecule has 0 bridgehead atoms. The molecular formula is C20H21F3N2O3. The van der Waals surface area contributed by atoms with Crippen molar-refractivity contribution >= 4 is 11.8 Å². The van der Waals surface area contributed by atoms with E-state index in [-0.39, 0.29) is 23.1 Å². The number of nitrogens with zero attached hydrogens (tertiary/aromatic N) is 1. The van der Waals surface area contributed by atoms with E-state index in [1.807, 2.05) is 4.90 Å². The summed E-state index contributed by atoms with van der Waals surface area (Å²) in [5.74, 6) is 0.199. The molecule has 5 nitrogen and oxygen atoms in total. The number of nitrogens with one attached hydrogen (secondary N) is 1. The van der Waals surface area contributed by atoms with Gasteiger partial charge in [0.1, 0.15) is 11.8 Å². The zero-order valence-electron chi connectivity index (χ0n) is 15.2. The predicted molar refractivity (Wildman–Crippen MR) is 92.0 cm³/mol. The molecule has 3 heterocycles. The van der Waals surface area contributed by atoms with Gasteiger partial charge in [0.25, 0.3) is 5.91 Å². The summed E-state index contributed by atoms with van der Waals surface area (Å²) in [6, 6.07) is 5.47. The molecule has 1 aromatic rings. The van der Waals surface area contributed by atoms with Crippen LogP contribution in [0.5, 0.6) is 0 Å². The average Bonchev–Trinajstić information content (AvgIpc) is 3.25. The van der Waals surface area contributed by atoms with Gasteiger partial charge in [0.05, 0.1) is 5.56 Å². The summed E-state index contributed by atoms with van der Waals surface area (Å²) in [4.78, 5) is 25.9. The first kappa shape index (κ1) is 18.0. The standard InChI is InChI=1S/C20H21F3N2O3/c21-20(22,23)13-3-1-12(2-4-13)18-7-8-25(11-14(18)9-18)17(27)15-10-19(28-15)6-5-16(26)24-19/h1-4,14-15H,5-11H2,(H,24,26)/t14?,15-,18?,19-/m0/s1. The predicted octanol–water partition coefficient (Wildman–Crippen LogP) is 2.59. The van der Waals surface area contributed by atoms with E-state index in [4.69, 9.17) is 4.74 Å². The Bertz CT molecular complexity index is 832. The lowest BCUT2D eigenvalue weighted by molar-refractivity contribution is -0.220. The van der Waals surface area contributed by atoms with Crippen molar-refractivity contribution < 1.29 is 27.5 Å². The Labute approximate surface area is 160 Å². The highest BCUT2D eigenvalue weighted by atomic mass is 19.4. The maximum atomic E-state index is 12.8. The second-order valence-corrected chi connectivity index (χ2v) is 8.52. The Morgan fingerprint density at radius 2 is 1.89 bits per heavy atom. The first-order valence-corrected chi connectivity index (χ1v) is 9.66. The molecule has 0 radical (unpaired) electrons. The molecule has 4 fully saturated rings. The van der Waals surface area contributed by atoms with Crippen molar-refractivity contribution in [2.45, 2.75) is 55.5 Å². The maximum absolute atomic E-state index is 12.8. The Balaban J connectivity index is 1.20. The van der Waals surface area contributed by atoms with Crippen LogP contribution >= 0.6 is 0 Å². The van der Waals surface area contributed by atoms with Crippen LogP contribution in [-0.4, -0.2) is 41.6 Å². The number of rotatable bonds is 2. The molecule has 4 aliphatic rings. The van der Waals surface area contributed by atoms with Gasteiger partial charge < -0.3 is 15.0 Å². The molecule has 1 aliphatic carbocycles. The number of fused-ring (bicyclic) bond motifs is 1. The third kappa shape index (κ3) is 2.72. The van der Waals surface area contributed by atoms with E-state index in [2.05, 4.69) is 5.32 Å². The van der Waals surface area contributed by atoms with Crippen molar-refractivity contribution in [1.29, 1.82) is 0 Å². The van der Waals surface area contributed by atoms with Crippen LogP contribution in [0.15, 0.2) is 24.3 Å². The molecule has 4 atom stereocenters. The van der Waals surface area contributed by atoms with Gasteiger partial charge in [-0.05, 0) is 36.5 Å². The van der Waals surface area contributed by atoms with Crippen LogP contribution < -0.4 is 5.32 Å². The largest absolute Gasteiger partial charge is 0.416 e. The number of piperidine rings is 1. The van der Waals surface area contributed by atoms with Gasteiger partial charge in [0, 0.05) is 37.8 Å². The highest BCUT2D eigenvalue weighted by Gasteiger charge is 2.60. The van der Waals surface area contributed by atoms with Crippen molar-refractivity contribution in [3.63, 3.8) is 0 Å². The zero-order chi connectivity index (χ0) is 19.7. The summed E-state index contributed by atoms with van der Waals surface area (Å²) in [5, 5.41) is 2.80. The van der Waals surface area contributed by atoms with Crippen molar-refractivity contribution in [2.24, 2.45) is 5.92 Å². The monoisotopic (exact) mass is 394 g/mol. The van der Waals surface area contributed by atoms with Gasteiger partial charge in [0.2, 0.25) is 5.91 Å². The summed E-state index contributed by atoms with van der Waals surface area (Å²) in [6.07, 6.45) is -1.62. The number of amides is 2. The quantitative estimate of drug-likeness (QED) is 0.839. The summed E-state index contributed by atoms with van der Waals surface area (Å²) in [5.41, 5.74) is -0.434. The number of carbonyl (C=O) groups is 2. The normalized spacial score (nSPS) is 36.7. The third-order valence-electron chi connectivity index (χ3n) is 6.88. The van der Waals surface area contributed by atoms with Gasteiger partial charge in [0.15, 0.2) is 0 Å². The average molecular weight is 394 g/mol. The highest BCUT2D eigenvalue weighted by Crippen LogP contribution is 2.59. The van der Waals surface area contributed by atoms with Gasteiger partial charge in [-0.1, -0.05) is 12.1 Å². The summed E-state index contributed by atoms with van der Waals surface area (Å²) in [6.45, 7) is 1.19. The van der Waals surface area contributed by atoms with Gasteiger partial charge in [-0.15, -0.1) is 0 Å². The van der Waals surface area contributed by atoms with E-state index < -0.39 is 23.6 Å². The molecule has 28 heavy (non-hydrogen) atoms. The Hall–Kier alpha value is -2.09. The van der Waals surface area contributed by atoms with E-state index in [9.17, 15) is 22.8 Å². The van der Waals surface area contributed by atoms with Gasteiger partial charge in [-0.3, -0.25) is 9.59 Å². The lowest BCUT2D eigenvalue weighted by Crippen LogP contribution is -2.62. The van der Waals surface area contributed by atoms with Crippen molar-refractivity contribution in [3.05, 3.63) is 35.4 Å². The topological polar surface area (TPSA) is 58.6 Å². The van der Waals surface area contributed by atoms with Crippen LogP contribution in [0.1, 0.15) is 43.2 Å². The Morgan fingerprint density at radius 1 is 1.18 bits per heavy atom. The van der Waals surface area contributed by atoms with Crippen molar-refractivity contribution in [2.75, 3.05) is 13.1 Å². The fourth-order valence-electron chi connectivity index (χ4n) is 5.15. The minimum atomic E-state index is -4.33. The minimum absolute atomic E-state index is 0.0387. The van der Waals surface area contributed by atoms with Crippen LogP contribution in [0.2, 0.25) is 0 Å². The van der Waals surface area contributed by atoms with Crippen LogP contribution in [0.25, 0.3) is 0 Å². The lowest BCUT2D eigenvalue weighted by Gasteiger charge is -2.46. The second-order valence-electron chi connectivity index (χ2n) is 8.52. The molecule has 0 aromatic heterocycles. The molecule has 1 saturated carbocycles. The molecule has 2 amide bonds. The molecule has 3 saturated heterocycles. The van der Waals surface area contributed by atoms with Crippen LogP contribution in [-0.2, 0) is 25.9 Å². The maximum Gasteiger partial charge on any atom is 0.416 e. The van der Waals surface area contributed by atoms with Crippen molar-refractivity contribution in [1.82, 2.24) is 10.2 Å². The number of alkyl halides is 3. The molecule has 8 heteroatoms. The van der Waals surface area contributed by atoms with Gasteiger partial charge in [-0.25, -0.2) is 0 Å². The smallest absolute Gasteiger partial charge is 0.342 e. The number of carbonyl (C=O) groups excluding carboxylic acids is 2. The van der Waals surface area contributed by atoms with E-state index >= 15 is 0 Å². The van der Waals surface area contributed by atoms with Gasteiger partial charge >= 0.3 is 6.18 Å². The lowest BCUT2D eigenvalue weighted by atomic mass is 9.86.